The van der Waals surface area contributed by atoms with Crippen LogP contribution in [0.3, 0.4) is 0 Å². The number of hydrogen-bond acceptors (Lipinski definition) is 4. The van der Waals surface area contributed by atoms with Gasteiger partial charge in [0.1, 0.15) is 11.6 Å². The zero-order valence-corrected chi connectivity index (χ0v) is 16.4. The second-order valence-corrected chi connectivity index (χ2v) is 8.83. The van der Waals surface area contributed by atoms with Crippen molar-refractivity contribution in [2.24, 2.45) is 0 Å². The van der Waals surface area contributed by atoms with E-state index >= 15 is 0 Å². The molecule has 3 rings (SSSR count). The molecule has 138 valence electrons. The molecule has 8 heteroatoms. The van der Waals surface area contributed by atoms with Gasteiger partial charge >= 0.3 is 0 Å². The number of halogens is 2. The van der Waals surface area contributed by atoms with E-state index in [9.17, 15) is 17.6 Å². The average molecular weight is 442 g/mol. The molecule has 1 aliphatic rings. The lowest BCUT2D eigenvalue weighted by atomic mass is 9.99. The van der Waals surface area contributed by atoms with E-state index in [4.69, 9.17) is 4.74 Å². The maximum atomic E-state index is 13.1. The Labute approximate surface area is 160 Å². The van der Waals surface area contributed by atoms with Crippen molar-refractivity contribution in [2.45, 2.75) is 12.8 Å². The van der Waals surface area contributed by atoms with Gasteiger partial charge in [0, 0.05) is 12.1 Å². The summed E-state index contributed by atoms with van der Waals surface area (Å²) < 4.78 is 44.1. The standard InChI is InChI=1S/C18H17BrFNO4S/c1-26(23,24)21-8-2-3-12-9-13(4-6-16(12)21)17(22)11-25-18-7-5-14(20)10-15(18)19/h4-7,9-10H,2-3,8,11H2,1H3. The van der Waals surface area contributed by atoms with Crippen LogP contribution in [0.5, 0.6) is 5.75 Å². The maximum absolute atomic E-state index is 13.1. The van der Waals surface area contributed by atoms with E-state index in [-0.39, 0.29) is 12.4 Å². The minimum atomic E-state index is -3.34. The third kappa shape index (κ3) is 4.07. The molecule has 2 aromatic carbocycles. The molecule has 26 heavy (non-hydrogen) atoms. The number of benzene rings is 2. The molecule has 5 nitrogen and oxygen atoms in total. The van der Waals surface area contributed by atoms with Crippen molar-refractivity contribution in [3.8, 4) is 5.75 Å². The smallest absolute Gasteiger partial charge is 0.232 e. The molecule has 0 saturated heterocycles. The van der Waals surface area contributed by atoms with Crippen LogP contribution in [0.2, 0.25) is 0 Å². The molecular weight excluding hydrogens is 425 g/mol. The zero-order chi connectivity index (χ0) is 18.9. The van der Waals surface area contributed by atoms with Crippen molar-refractivity contribution < 1.29 is 22.3 Å². The summed E-state index contributed by atoms with van der Waals surface area (Å²) >= 11 is 3.19. The average Bonchev–Trinajstić information content (AvgIpc) is 2.59. The van der Waals surface area contributed by atoms with Gasteiger partial charge in [0.15, 0.2) is 12.4 Å². The van der Waals surface area contributed by atoms with Crippen LogP contribution in [0.1, 0.15) is 22.3 Å². The summed E-state index contributed by atoms with van der Waals surface area (Å²) in [4.78, 5) is 12.4. The number of aryl methyl sites for hydroxylation is 1. The predicted molar refractivity (Wildman–Crippen MR) is 101 cm³/mol. The summed E-state index contributed by atoms with van der Waals surface area (Å²) in [6.45, 7) is 0.250. The van der Waals surface area contributed by atoms with Gasteiger partial charge in [0.05, 0.1) is 16.4 Å². The van der Waals surface area contributed by atoms with Gasteiger partial charge in [-0.2, -0.15) is 0 Å². The largest absolute Gasteiger partial charge is 0.484 e. The molecule has 1 aliphatic heterocycles. The number of fused-ring (bicyclic) bond motifs is 1. The van der Waals surface area contributed by atoms with Gasteiger partial charge in [-0.05, 0) is 70.7 Å². The van der Waals surface area contributed by atoms with E-state index in [1.165, 1.54) is 28.8 Å². The van der Waals surface area contributed by atoms with Crippen molar-refractivity contribution in [3.05, 3.63) is 57.8 Å². The Kier molecular flexibility index (Phi) is 5.34. The Hall–Kier alpha value is -1.93. The van der Waals surface area contributed by atoms with Crippen LogP contribution in [-0.4, -0.2) is 33.6 Å². The van der Waals surface area contributed by atoms with Crippen LogP contribution < -0.4 is 9.04 Å². The Bertz CT molecular complexity index is 962. The van der Waals surface area contributed by atoms with Gasteiger partial charge in [0.25, 0.3) is 0 Å². The van der Waals surface area contributed by atoms with E-state index in [1.807, 2.05) is 0 Å². The predicted octanol–water partition coefficient (Wildman–Crippen LogP) is 3.56. The summed E-state index contributed by atoms with van der Waals surface area (Å²) in [6, 6.07) is 8.95. The first-order valence-corrected chi connectivity index (χ1v) is 10.6. The monoisotopic (exact) mass is 441 g/mol. The number of ether oxygens (including phenoxy) is 1. The van der Waals surface area contributed by atoms with Gasteiger partial charge in [-0.25, -0.2) is 12.8 Å². The van der Waals surface area contributed by atoms with Gasteiger partial charge in [-0.15, -0.1) is 0 Å². The van der Waals surface area contributed by atoms with Crippen LogP contribution in [0, 0.1) is 5.82 Å². The van der Waals surface area contributed by atoms with Crippen LogP contribution >= 0.6 is 15.9 Å². The summed E-state index contributed by atoms with van der Waals surface area (Å²) in [6.07, 6.45) is 2.60. The number of sulfonamides is 1. The second kappa shape index (κ2) is 7.36. The highest BCUT2D eigenvalue weighted by molar-refractivity contribution is 9.10. The molecule has 0 aromatic heterocycles. The molecule has 1 heterocycles. The van der Waals surface area contributed by atoms with Crippen molar-refractivity contribution in [1.82, 2.24) is 0 Å². The third-order valence-electron chi connectivity index (χ3n) is 4.13. The van der Waals surface area contributed by atoms with E-state index in [0.717, 1.165) is 5.56 Å². The Morgan fingerprint density at radius 3 is 2.73 bits per heavy atom. The quantitative estimate of drug-likeness (QED) is 0.665. The lowest BCUT2D eigenvalue weighted by Crippen LogP contribution is -2.34. The third-order valence-corrected chi connectivity index (χ3v) is 5.93. The molecule has 0 spiro atoms. The maximum Gasteiger partial charge on any atom is 0.232 e. The zero-order valence-electron chi connectivity index (χ0n) is 14.0. The first-order chi connectivity index (χ1) is 12.3. The Balaban J connectivity index is 1.76. The van der Waals surface area contributed by atoms with Gasteiger partial charge in [0.2, 0.25) is 10.0 Å². The summed E-state index contributed by atoms with van der Waals surface area (Å²) in [5.41, 5.74) is 1.91. The number of carbonyl (C=O) groups excluding carboxylic acids is 1. The molecule has 0 amide bonds. The van der Waals surface area contributed by atoms with Crippen LogP contribution in [0.25, 0.3) is 0 Å². The van der Waals surface area contributed by atoms with Crippen molar-refractivity contribution in [3.63, 3.8) is 0 Å². The normalized spacial score (nSPS) is 14.0. The number of rotatable bonds is 5. The molecule has 0 unspecified atom stereocenters. The fraction of sp³-hybridized carbons (Fsp3) is 0.278. The topological polar surface area (TPSA) is 63.7 Å². The SMILES string of the molecule is CS(=O)(=O)N1CCCc2cc(C(=O)COc3ccc(F)cc3Br)ccc21. The van der Waals surface area contributed by atoms with Crippen molar-refractivity contribution in [1.29, 1.82) is 0 Å². The molecular formula is C18H17BrFNO4S. The summed E-state index contributed by atoms with van der Waals surface area (Å²) in [5, 5.41) is 0. The van der Waals surface area contributed by atoms with E-state index < -0.39 is 15.8 Å². The number of hydrogen-bond donors (Lipinski definition) is 0. The van der Waals surface area contributed by atoms with E-state index in [2.05, 4.69) is 15.9 Å². The van der Waals surface area contributed by atoms with Gasteiger partial charge in [-0.1, -0.05) is 0 Å². The Morgan fingerprint density at radius 1 is 1.27 bits per heavy atom. The lowest BCUT2D eigenvalue weighted by molar-refractivity contribution is 0.0921. The van der Waals surface area contributed by atoms with Crippen LogP contribution in [0.4, 0.5) is 10.1 Å². The van der Waals surface area contributed by atoms with E-state index in [1.54, 1.807) is 18.2 Å². The molecule has 0 bridgehead atoms. The fourth-order valence-corrected chi connectivity index (χ4v) is 4.36. The molecule has 0 aliphatic carbocycles. The highest BCUT2D eigenvalue weighted by Gasteiger charge is 2.24. The van der Waals surface area contributed by atoms with Gasteiger partial charge in [-0.3, -0.25) is 9.10 Å². The number of anilines is 1. The highest BCUT2D eigenvalue weighted by Crippen LogP contribution is 2.30. The molecule has 0 atom stereocenters. The minimum Gasteiger partial charge on any atom is -0.484 e. The summed E-state index contributed by atoms with van der Waals surface area (Å²) in [5.74, 6) is -0.262. The first kappa shape index (κ1) is 18.8. The molecule has 0 fully saturated rings. The van der Waals surface area contributed by atoms with E-state index in [0.29, 0.717) is 40.9 Å². The number of Topliss-reactive ketones (excluding diaryl/α,β-unsaturated/α-hetero) is 1. The molecule has 2 aromatic rings. The van der Waals surface area contributed by atoms with Crippen molar-refractivity contribution in [2.75, 3.05) is 23.7 Å². The first-order valence-electron chi connectivity index (χ1n) is 7.97. The second-order valence-electron chi connectivity index (χ2n) is 6.07. The highest BCUT2D eigenvalue weighted by atomic mass is 79.9. The fourth-order valence-electron chi connectivity index (χ4n) is 2.90. The number of nitrogens with zero attached hydrogens (tertiary/aromatic N) is 1. The summed E-state index contributed by atoms with van der Waals surface area (Å²) in [7, 11) is -3.34. The van der Waals surface area contributed by atoms with Gasteiger partial charge < -0.3 is 4.74 Å². The minimum absolute atomic E-state index is 0.196. The Morgan fingerprint density at radius 2 is 2.04 bits per heavy atom. The number of carbonyl (C=O) groups is 1. The number of ketones is 1. The molecule has 0 radical (unpaired) electrons. The lowest BCUT2D eigenvalue weighted by Gasteiger charge is -2.29. The van der Waals surface area contributed by atoms with Crippen LogP contribution in [0.15, 0.2) is 40.9 Å². The van der Waals surface area contributed by atoms with Crippen LogP contribution in [-0.2, 0) is 16.4 Å². The molecule has 0 saturated carbocycles. The molecule has 0 N–H and O–H groups in total. The van der Waals surface area contributed by atoms with Crippen molar-refractivity contribution >= 4 is 37.4 Å².